The van der Waals surface area contributed by atoms with Crippen LogP contribution in [0.1, 0.15) is 15.9 Å². The van der Waals surface area contributed by atoms with Gasteiger partial charge in [0.1, 0.15) is 5.82 Å². The van der Waals surface area contributed by atoms with Crippen molar-refractivity contribution in [2.24, 2.45) is 5.73 Å². The van der Waals surface area contributed by atoms with Crippen molar-refractivity contribution in [2.75, 3.05) is 11.9 Å². The molecule has 0 saturated heterocycles. The third-order valence-corrected chi connectivity index (χ3v) is 2.94. The van der Waals surface area contributed by atoms with Crippen molar-refractivity contribution in [3.8, 4) is 11.8 Å². The zero-order valence-electron chi connectivity index (χ0n) is 11.0. The van der Waals surface area contributed by atoms with Gasteiger partial charge in [-0.25, -0.2) is 4.39 Å². The highest BCUT2D eigenvalue weighted by molar-refractivity contribution is 6.30. The molecule has 0 atom stereocenters. The first kappa shape index (κ1) is 15.0. The number of hydrogen-bond donors (Lipinski definition) is 2. The molecule has 0 aliphatic rings. The minimum Gasteiger partial charge on any atom is -0.322 e. The number of anilines is 1. The van der Waals surface area contributed by atoms with Crippen molar-refractivity contribution in [2.45, 2.75) is 0 Å². The first-order valence-electron chi connectivity index (χ1n) is 6.15. The van der Waals surface area contributed by atoms with Crippen LogP contribution in [0.3, 0.4) is 0 Å². The largest absolute Gasteiger partial charge is 0.322 e. The van der Waals surface area contributed by atoms with E-state index in [4.69, 9.17) is 17.3 Å². The summed E-state index contributed by atoms with van der Waals surface area (Å²) in [5.41, 5.74) is 6.75. The normalized spacial score (nSPS) is 9.67. The van der Waals surface area contributed by atoms with E-state index in [1.165, 1.54) is 12.1 Å². The predicted octanol–water partition coefficient (Wildman–Crippen LogP) is 3.04. The lowest BCUT2D eigenvalue weighted by Crippen LogP contribution is -2.12. The Morgan fingerprint density at radius 2 is 2.10 bits per heavy atom. The lowest BCUT2D eigenvalue weighted by atomic mass is 10.1. The average molecular weight is 303 g/mol. The van der Waals surface area contributed by atoms with Crippen molar-refractivity contribution in [3.63, 3.8) is 0 Å². The van der Waals surface area contributed by atoms with E-state index >= 15 is 0 Å². The monoisotopic (exact) mass is 302 g/mol. The second-order valence-corrected chi connectivity index (χ2v) is 4.58. The zero-order valence-corrected chi connectivity index (χ0v) is 11.7. The topological polar surface area (TPSA) is 55.1 Å². The van der Waals surface area contributed by atoms with E-state index in [-0.39, 0.29) is 17.5 Å². The van der Waals surface area contributed by atoms with Gasteiger partial charge in [0.2, 0.25) is 0 Å². The number of carbonyl (C=O) groups is 1. The quantitative estimate of drug-likeness (QED) is 0.838. The molecule has 0 radical (unpaired) electrons. The van der Waals surface area contributed by atoms with E-state index < -0.39 is 5.82 Å². The van der Waals surface area contributed by atoms with Crippen LogP contribution in [0.2, 0.25) is 5.02 Å². The van der Waals surface area contributed by atoms with Gasteiger partial charge in [-0.05, 0) is 36.4 Å². The van der Waals surface area contributed by atoms with Crippen LogP contribution >= 0.6 is 11.6 Å². The number of rotatable bonds is 2. The standard InChI is InChI=1S/C16H12ClFN2O/c17-14-7-6-13(10-15(14)18)20-16(21)12-5-1-3-11(9-12)4-2-8-19/h1,3,5-7,9-10H,8,19H2,(H,20,21). The highest BCUT2D eigenvalue weighted by Gasteiger charge is 2.08. The van der Waals surface area contributed by atoms with Crippen molar-refractivity contribution in [1.82, 2.24) is 0 Å². The Kier molecular flexibility index (Phi) is 4.94. The van der Waals surface area contributed by atoms with Crippen LogP contribution in [0.25, 0.3) is 0 Å². The number of nitrogens with two attached hydrogens (primary N) is 1. The first-order valence-corrected chi connectivity index (χ1v) is 6.53. The average Bonchev–Trinajstić information content (AvgIpc) is 2.49. The third-order valence-electron chi connectivity index (χ3n) is 2.64. The summed E-state index contributed by atoms with van der Waals surface area (Å²) in [7, 11) is 0. The van der Waals surface area contributed by atoms with Crippen LogP contribution in [0, 0.1) is 17.7 Å². The summed E-state index contributed by atoms with van der Waals surface area (Å²) in [6.07, 6.45) is 0. The van der Waals surface area contributed by atoms with E-state index in [0.29, 0.717) is 16.8 Å². The van der Waals surface area contributed by atoms with Gasteiger partial charge in [0.05, 0.1) is 11.6 Å². The summed E-state index contributed by atoms with van der Waals surface area (Å²) >= 11 is 5.59. The van der Waals surface area contributed by atoms with Crippen LogP contribution in [-0.4, -0.2) is 12.5 Å². The fraction of sp³-hybridized carbons (Fsp3) is 0.0625. The lowest BCUT2D eigenvalue weighted by Gasteiger charge is -2.06. The van der Waals surface area contributed by atoms with Crippen molar-refractivity contribution >= 4 is 23.2 Å². The SMILES string of the molecule is NCC#Cc1cccc(C(=O)Nc2ccc(Cl)c(F)c2)c1. The molecule has 106 valence electrons. The lowest BCUT2D eigenvalue weighted by molar-refractivity contribution is 0.102. The van der Waals surface area contributed by atoms with Gasteiger partial charge in [-0.2, -0.15) is 0 Å². The Labute approximate surface area is 126 Å². The van der Waals surface area contributed by atoms with Crippen LogP contribution in [-0.2, 0) is 0 Å². The minimum atomic E-state index is -0.586. The van der Waals surface area contributed by atoms with Crippen LogP contribution in [0.4, 0.5) is 10.1 Å². The van der Waals surface area contributed by atoms with Crippen molar-refractivity contribution < 1.29 is 9.18 Å². The van der Waals surface area contributed by atoms with E-state index in [9.17, 15) is 9.18 Å². The molecule has 0 heterocycles. The summed E-state index contributed by atoms with van der Waals surface area (Å²) in [5.74, 6) is 4.62. The van der Waals surface area contributed by atoms with Crippen LogP contribution < -0.4 is 11.1 Å². The molecule has 0 bridgehead atoms. The fourth-order valence-electron chi connectivity index (χ4n) is 1.67. The molecule has 2 rings (SSSR count). The van der Waals surface area contributed by atoms with E-state index in [0.717, 1.165) is 6.07 Å². The van der Waals surface area contributed by atoms with Crippen molar-refractivity contribution in [3.05, 3.63) is 64.4 Å². The summed E-state index contributed by atoms with van der Waals surface area (Å²) in [4.78, 5) is 12.1. The summed E-state index contributed by atoms with van der Waals surface area (Å²) < 4.78 is 13.3. The smallest absolute Gasteiger partial charge is 0.255 e. The molecule has 0 aromatic heterocycles. The second-order valence-electron chi connectivity index (χ2n) is 4.17. The molecule has 0 aliphatic carbocycles. The van der Waals surface area contributed by atoms with Gasteiger partial charge >= 0.3 is 0 Å². The van der Waals surface area contributed by atoms with Gasteiger partial charge < -0.3 is 11.1 Å². The van der Waals surface area contributed by atoms with Crippen LogP contribution in [0.5, 0.6) is 0 Å². The number of hydrogen-bond acceptors (Lipinski definition) is 2. The Hall–Kier alpha value is -2.35. The maximum Gasteiger partial charge on any atom is 0.255 e. The molecule has 0 spiro atoms. The molecular weight excluding hydrogens is 291 g/mol. The minimum absolute atomic E-state index is 0.00653. The van der Waals surface area contributed by atoms with Crippen molar-refractivity contribution in [1.29, 1.82) is 0 Å². The highest BCUT2D eigenvalue weighted by Crippen LogP contribution is 2.19. The van der Waals surface area contributed by atoms with Gasteiger partial charge in [-0.15, -0.1) is 0 Å². The maximum atomic E-state index is 13.3. The Balaban J connectivity index is 2.18. The summed E-state index contributed by atoms with van der Waals surface area (Å²) in [5, 5.41) is 2.61. The van der Waals surface area contributed by atoms with E-state index in [2.05, 4.69) is 17.2 Å². The molecule has 2 aromatic rings. The fourth-order valence-corrected chi connectivity index (χ4v) is 1.79. The number of halogens is 2. The van der Waals surface area contributed by atoms with E-state index in [1.54, 1.807) is 24.3 Å². The first-order chi connectivity index (χ1) is 10.1. The molecule has 21 heavy (non-hydrogen) atoms. The number of amides is 1. The number of nitrogens with one attached hydrogen (secondary N) is 1. The van der Waals surface area contributed by atoms with Crippen LogP contribution in [0.15, 0.2) is 42.5 Å². The molecule has 0 fully saturated rings. The van der Waals surface area contributed by atoms with E-state index in [1.807, 2.05) is 0 Å². The van der Waals surface area contributed by atoms with Gasteiger partial charge in [-0.3, -0.25) is 4.79 Å². The van der Waals surface area contributed by atoms with Gasteiger partial charge in [0, 0.05) is 16.8 Å². The maximum absolute atomic E-state index is 13.3. The summed E-state index contributed by atoms with van der Waals surface area (Å²) in [6.45, 7) is 0.250. The number of carbonyl (C=O) groups excluding carboxylic acids is 1. The molecule has 0 saturated carbocycles. The molecular formula is C16H12ClFN2O. The molecule has 5 heteroatoms. The molecule has 2 aromatic carbocycles. The Bertz CT molecular complexity index is 735. The molecule has 0 unspecified atom stereocenters. The van der Waals surface area contributed by atoms with Gasteiger partial charge in [0.15, 0.2) is 0 Å². The zero-order chi connectivity index (χ0) is 15.2. The van der Waals surface area contributed by atoms with Gasteiger partial charge in [0.25, 0.3) is 5.91 Å². The number of benzene rings is 2. The highest BCUT2D eigenvalue weighted by atomic mass is 35.5. The predicted molar refractivity (Wildman–Crippen MR) is 81.7 cm³/mol. The third kappa shape index (κ3) is 4.06. The summed E-state index contributed by atoms with van der Waals surface area (Å²) in [6, 6.07) is 10.9. The molecule has 1 amide bonds. The Morgan fingerprint density at radius 1 is 1.29 bits per heavy atom. The Morgan fingerprint density at radius 3 is 2.81 bits per heavy atom. The molecule has 0 aliphatic heterocycles. The molecule has 3 nitrogen and oxygen atoms in total. The van der Waals surface area contributed by atoms with Gasteiger partial charge in [-0.1, -0.05) is 29.5 Å². The second kappa shape index (κ2) is 6.89. The molecule has 3 N–H and O–H groups in total.